The number of rotatable bonds is 6. The molecule has 2 N–H and O–H groups in total. The predicted molar refractivity (Wildman–Crippen MR) is 78.8 cm³/mol. The minimum Gasteiger partial charge on any atom is -0.452 e. The fourth-order valence-electron chi connectivity index (χ4n) is 2.48. The van der Waals surface area contributed by atoms with E-state index in [4.69, 9.17) is 4.42 Å². The molecule has 1 aromatic rings. The lowest BCUT2D eigenvalue weighted by Gasteiger charge is -2.32. The Bertz CT molecular complexity index is 589. The SMILES string of the molecule is CC1CC(NS(=O)(=O)c2cc(CNC3CC3)oc2Br)C1. The van der Waals surface area contributed by atoms with Crippen LogP contribution in [0.15, 0.2) is 20.0 Å². The smallest absolute Gasteiger partial charge is 0.245 e. The van der Waals surface area contributed by atoms with E-state index in [1.165, 1.54) is 12.8 Å². The van der Waals surface area contributed by atoms with E-state index in [-0.39, 0.29) is 15.6 Å². The second kappa shape index (κ2) is 5.44. The van der Waals surface area contributed by atoms with Gasteiger partial charge >= 0.3 is 0 Å². The molecule has 1 aromatic heterocycles. The van der Waals surface area contributed by atoms with Crippen molar-refractivity contribution in [3.05, 3.63) is 16.5 Å². The molecule has 2 aliphatic rings. The molecule has 0 amide bonds. The molecular formula is C13H19BrN2O3S. The molecule has 5 nitrogen and oxygen atoms in total. The molecule has 1 heterocycles. The highest BCUT2D eigenvalue weighted by Gasteiger charge is 2.32. The van der Waals surface area contributed by atoms with Gasteiger partial charge in [0, 0.05) is 18.2 Å². The van der Waals surface area contributed by atoms with Crippen molar-refractivity contribution in [3.63, 3.8) is 0 Å². The Hall–Kier alpha value is -0.370. The third-order valence-corrected chi connectivity index (χ3v) is 6.21. The monoisotopic (exact) mass is 362 g/mol. The van der Waals surface area contributed by atoms with Crippen LogP contribution in [0.4, 0.5) is 0 Å². The zero-order valence-electron chi connectivity index (χ0n) is 11.4. The van der Waals surface area contributed by atoms with E-state index in [1.807, 2.05) is 0 Å². The first-order chi connectivity index (χ1) is 9.44. The van der Waals surface area contributed by atoms with Gasteiger partial charge in [-0.1, -0.05) is 6.92 Å². The van der Waals surface area contributed by atoms with Gasteiger partial charge in [0.05, 0.1) is 6.54 Å². The van der Waals surface area contributed by atoms with Crippen LogP contribution in [0.1, 0.15) is 38.4 Å². The zero-order valence-corrected chi connectivity index (χ0v) is 13.8. The summed E-state index contributed by atoms with van der Waals surface area (Å²) in [7, 11) is -3.49. The van der Waals surface area contributed by atoms with Gasteiger partial charge in [-0.05, 0) is 47.5 Å². The Balaban J connectivity index is 1.67. The largest absolute Gasteiger partial charge is 0.452 e. The standard InChI is InChI=1S/C13H19BrN2O3S/c1-8-4-10(5-8)16-20(17,18)12-6-11(19-13(12)14)7-15-9-2-3-9/h6,8-10,15-16H,2-5,7H2,1H3. The van der Waals surface area contributed by atoms with Gasteiger partial charge in [-0.15, -0.1) is 0 Å². The lowest BCUT2D eigenvalue weighted by Crippen LogP contribution is -2.43. The number of halogens is 1. The van der Waals surface area contributed by atoms with Crippen LogP contribution in [0.2, 0.25) is 0 Å². The number of nitrogens with one attached hydrogen (secondary N) is 2. The van der Waals surface area contributed by atoms with Crippen LogP contribution in [-0.2, 0) is 16.6 Å². The van der Waals surface area contributed by atoms with Crippen molar-refractivity contribution in [1.82, 2.24) is 10.0 Å². The first-order valence-corrected chi connectivity index (χ1v) is 9.25. The topological polar surface area (TPSA) is 71.3 Å². The second-order valence-corrected chi connectivity index (χ2v) is 8.30. The van der Waals surface area contributed by atoms with Crippen molar-refractivity contribution >= 4 is 26.0 Å². The second-order valence-electron chi connectivity index (χ2n) is 5.90. The summed E-state index contributed by atoms with van der Waals surface area (Å²) in [6.07, 6.45) is 4.19. The maximum atomic E-state index is 12.3. The quantitative estimate of drug-likeness (QED) is 0.814. The molecule has 0 aromatic carbocycles. The highest BCUT2D eigenvalue weighted by atomic mass is 79.9. The van der Waals surface area contributed by atoms with E-state index >= 15 is 0 Å². The Kier molecular flexibility index (Phi) is 3.96. The van der Waals surface area contributed by atoms with Crippen LogP contribution >= 0.6 is 15.9 Å². The minimum atomic E-state index is -3.49. The molecule has 2 saturated carbocycles. The fraction of sp³-hybridized carbons (Fsp3) is 0.692. The summed E-state index contributed by atoms with van der Waals surface area (Å²) in [5.41, 5.74) is 0. The molecule has 0 atom stereocenters. The number of hydrogen-bond donors (Lipinski definition) is 2. The third kappa shape index (κ3) is 3.27. The van der Waals surface area contributed by atoms with Gasteiger partial charge in [-0.25, -0.2) is 13.1 Å². The zero-order chi connectivity index (χ0) is 14.3. The normalized spacial score (nSPS) is 26.5. The van der Waals surface area contributed by atoms with Gasteiger partial charge in [0.25, 0.3) is 0 Å². The molecule has 0 aliphatic heterocycles. The molecule has 7 heteroatoms. The fourth-order valence-corrected chi connectivity index (χ4v) is 4.74. The van der Waals surface area contributed by atoms with E-state index in [0.29, 0.717) is 24.3 Å². The first kappa shape index (κ1) is 14.6. The van der Waals surface area contributed by atoms with Crippen molar-refractivity contribution < 1.29 is 12.8 Å². The average molecular weight is 363 g/mol. The van der Waals surface area contributed by atoms with Crippen LogP contribution in [0.3, 0.4) is 0 Å². The van der Waals surface area contributed by atoms with Gasteiger partial charge < -0.3 is 9.73 Å². The van der Waals surface area contributed by atoms with Gasteiger partial charge in [0.15, 0.2) is 4.67 Å². The van der Waals surface area contributed by atoms with E-state index in [2.05, 4.69) is 32.9 Å². The summed E-state index contributed by atoms with van der Waals surface area (Å²) in [6.45, 7) is 2.69. The minimum absolute atomic E-state index is 0.0600. The molecule has 112 valence electrons. The third-order valence-electron chi connectivity index (χ3n) is 3.83. The van der Waals surface area contributed by atoms with Gasteiger partial charge in [-0.3, -0.25) is 0 Å². The van der Waals surface area contributed by atoms with Crippen LogP contribution in [0, 0.1) is 5.92 Å². The molecule has 2 aliphatic carbocycles. The molecule has 20 heavy (non-hydrogen) atoms. The highest BCUT2D eigenvalue weighted by Crippen LogP contribution is 2.31. The Labute approximate surface area is 127 Å². The molecule has 0 unspecified atom stereocenters. The molecule has 2 fully saturated rings. The molecule has 0 saturated heterocycles. The lowest BCUT2D eigenvalue weighted by molar-refractivity contribution is 0.270. The maximum absolute atomic E-state index is 12.3. The van der Waals surface area contributed by atoms with Gasteiger partial charge in [0.1, 0.15) is 10.7 Å². The summed E-state index contributed by atoms with van der Waals surface area (Å²) in [4.78, 5) is 0.199. The highest BCUT2D eigenvalue weighted by molar-refractivity contribution is 9.10. The van der Waals surface area contributed by atoms with Crippen LogP contribution in [0.25, 0.3) is 0 Å². The average Bonchev–Trinajstić information content (AvgIpc) is 3.07. The van der Waals surface area contributed by atoms with Crippen LogP contribution in [0.5, 0.6) is 0 Å². The summed E-state index contributed by atoms with van der Waals surface area (Å²) in [6, 6.07) is 2.22. The number of hydrogen-bond acceptors (Lipinski definition) is 4. The number of sulfonamides is 1. The summed E-state index contributed by atoms with van der Waals surface area (Å²) >= 11 is 3.20. The molecule has 0 bridgehead atoms. The van der Waals surface area contributed by atoms with E-state index in [9.17, 15) is 8.42 Å². The van der Waals surface area contributed by atoms with E-state index in [1.54, 1.807) is 6.07 Å². The van der Waals surface area contributed by atoms with Crippen molar-refractivity contribution in [2.75, 3.05) is 0 Å². The van der Waals surface area contributed by atoms with Crippen molar-refractivity contribution in [2.24, 2.45) is 5.92 Å². The maximum Gasteiger partial charge on any atom is 0.245 e. The Morgan fingerprint density at radius 3 is 2.65 bits per heavy atom. The Morgan fingerprint density at radius 1 is 1.35 bits per heavy atom. The Morgan fingerprint density at radius 2 is 2.05 bits per heavy atom. The molecular weight excluding hydrogens is 344 g/mol. The van der Waals surface area contributed by atoms with Crippen molar-refractivity contribution in [3.8, 4) is 0 Å². The van der Waals surface area contributed by atoms with Gasteiger partial charge in [0.2, 0.25) is 10.0 Å². The summed E-state index contributed by atoms with van der Waals surface area (Å²) < 4.78 is 33.1. The molecule has 0 spiro atoms. The predicted octanol–water partition coefficient (Wildman–Crippen LogP) is 2.37. The van der Waals surface area contributed by atoms with Crippen molar-refractivity contribution in [1.29, 1.82) is 0 Å². The van der Waals surface area contributed by atoms with E-state index in [0.717, 1.165) is 12.8 Å². The van der Waals surface area contributed by atoms with Gasteiger partial charge in [-0.2, -0.15) is 0 Å². The van der Waals surface area contributed by atoms with Crippen LogP contribution < -0.4 is 10.0 Å². The molecule has 3 rings (SSSR count). The first-order valence-electron chi connectivity index (χ1n) is 6.98. The summed E-state index contributed by atoms with van der Waals surface area (Å²) in [5, 5.41) is 3.30. The summed E-state index contributed by atoms with van der Waals surface area (Å²) in [5.74, 6) is 1.25. The molecule has 0 radical (unpaired) electrons. The van der Waals surface area contributed by atoms with E-state index < -0.39 is 10.0 Å². The number of furan rings is 1. The van der Waals surface area contributed by atoms with Crippen LogP contribution in [-0.4, -0.2) is 20.5 Å². The van der Waals surface area contributed by atoms with Crippen molar-refractivity contribution in [2.45, 2.75) is 56.1 Å². The lowest BCUT2D eigenvalue weighted by atomic mass is 9.83.